The van der Waals surface area contributed by atoms with Crippen LogP contribution >= 0.6 is 0 Å². The average Bonchev–Trinajstić information content (AvgIpc) is 2.14. The van der Waals surface area contributed by atoms with Gasteiger partial charge >= 0.3 is 6.18 Å². The lowest BCUT2D eigenvalue weighted by Crippen LogP contribution is -2.34. The molecule has 7 heteroatoms. The van der Waals surface area contributed by atoms with Crippen molar-refractivity contribution in [1.29, 1.82) is 0 Å². The van der Waals surface area contributed by atoms with Gasteiger partial charge in [-0.25, -0.2) is 9.97 Å². The smallest absolute Gasteiger partial charge is 0.342 e. The fourth-order valence-electron chi connectivity index (χ4n) is 0.696. The minimum Gasteiger partial charge on any atom is -0.342 e. The van der Waals surface area contributed by atoms with Crippen molar-refractivity contribution in [3.05, 3.63) is 24.3 Å². The normalized spacial score (nSPS) is 11.1. The first-order chi connectivity index (χ1) is 6.49. The van der Waals surface area contributed by atoms with Crippen LogP contribution in [0.2, 0.25) is 0 Å². The Hall–Kier alpha value is -1.66. The van der Waals surface area contributed by atoms with Gasteiger partial charge in [-0.1, -0.05) is 0 Å². The summed E-state index contributed by atoms with van der Waals surface area (Å²) in [5, 5.41) is 1.68. The molecular weight excluding hydrogens is 199 g/mol. The van der Waals surface area contributed by atoms with Crippen LogP contribution in [0.25, 0.3) is 0 Å². The SMILES string of the molecule is O=C(NCC(F)(F)F)c1ccncn1. The van der Waals surface area contributed by atoms with Gasteiger partial charge in [0.25, 0.3) is 5.91 Å². The van der Waals surface area contributed by atoms with E-state index in [2.05, 4.69) is 9.97 Å². The molecule has 0 aliphatic rings. The van der Waals surface area contributed by atoms with Crippen LogP contribution in [-0.4, -0.2) is 28.6 Å². The van der Waals surface area contributed by atoms with Gasteiger partial charge < -0.3 is 5.32 Å². The quantitative estimate of drug-likeness (QED) is 0.775. The molecule has 4 nitrogen and oxygen atoms in total. The lowest BCUT2D eigenvalue weighted by atomic mass is 10.4. The molecule has 0 spiro atoms. The molecule has 0 aliphatic heterocycles. The number of hydrogen-bond donors (Lipinski definition) is 1. The number of halogens is 3. The average molecular weight is 205 g/mol. The van der Waals surface area contributed by atoms with E-state index >= 15 is 0 Å². The van der Waals surface area contributed by atoms with E-state index in [1.807, 2.05) is 0 Å². The van der Waals surface area contributed by atoms with Crippen LogP contribution in [0.5, 0.6) is 0 Å². The summed E-state index contributed by atoms with van der Waals surface area (Å²) in [4.78, 5) is 18.0. The zero-order chi connectivity index (χ0) is 10.6. The van der Waals surface area contributed by atoms with Crippen LogP contribution in [0, 0.1) is 0 Å². The Kier molecular flexibility index (Phi) is 3.00. The zero-order valence-electron chi connectivity index (χ0n) is 6.88. The Labute approximate surface area is 77.2 Å². The molecule has 1 aromatic rings. The van der Waals surface area contributed by atoms with Crippen molar-refractivity contribution >= 4 is 5.91 Å². The van der Waals surface area contributed by atoms with Gasteiger partial charge in [-0.05, 0) is 6.07 Å². The lowest BCUT2D eigenvalue weighted by Gasteiger charge is -2.07. The molecule has 1 N–H and O–H groups in total. The fourth-order valence-corrected chi connectivity index (χ4v) is 0.696. The number of carbonyl (C=O) groups is 1. The summed E-state index contributed by atoms with van der Waals surface area (Å²) in [5.41, 5.74) is -0.0933. The van der Waals surface area contributed by atoms with Crippen molar-refractivity contribution in [2.75, 3.05) is 6.54 Å². The van der Waals surface area contributed by atoms with Crippen LogP contribution in [-0.2, 0) is 0 Å². The highest BCUT2D eigenvalue weighted by molar-refractivity contribution is 5.92. The molecule has 0 unspecified atom stereocenters. The third-order valence-corrected chi connectivity index (χ3v) is 1.26. The summed E-state index contributed by atoms with van der Waals surface area (Å²) in [5.74, 6) is -0.871. The molecule has 0 aromatic carbocycles. The van der Waals surface area contributed by atoms with Gasteiger partial charge in [-0.2, -0.15) is 13.2 Å². The summed E-state index contributed by atoms with van der Waals surface area (Å²) < 4.78 is 35.1. The van der Waals surface area contributed by atoms with Crippen LogP contribution < -0.4 is 5.32 Å². The molecule has 1 amide bonds. The molecule has 0 radical (unpaired) electrons. The van der Waals surface area contributed by atoms with Gasteiger partial charge in [-0.15, -0.1) is 0 Å². The topological polar surface area (TPSA) is 54.9 Å². The molecule has 1 rings (SSSR count). The highest BCUT2D eigenvalue weighted by Crippen LogP contribution is 2.12. The van der Waals surface area contributed by atoms with Crippen molar-refractivity contribution in [1.82, 2.24) is 15.3 Å². The number of carbonyl (C=O) groups excluding carboxylic acids is 1. The van der Waals surface area contributed by atoms with Crippen LogP contribution in [0.15, 0.2) is 18.6 Å². The van der Waals surface area contributed by atoms with Gasteiger partial charge in [0, 0.05) is 6.20 Å². The molecule has 0 saturated carbocycles. The van der Waals surface area contributed by atoms with Gasteiger partial charge in [0.2, 0.25) is 0 Å². The van der Waals surface area contributed by atoms with Gasteiger partial charge in [-0.3, -0.25) is 4.79 Å². The van der Waals surface area contributed by atoms with Crippen molar-refractivity contribution in [2.24, 2.45) is 0 Å². The summed E-state index contributed by atoms with van der Waals surface area (Å²) in [7, 11) is 0. The molecule has 1 heterocycles. The van der Waals surface area contributed by atoms with Gasteiger partial charge in [0.1, 0.15) is 18.6 Å². The maximum Gasteiger partial charge on any atom is 0.405 e. The summed E-state index contributed by atoms with van der Waals surface area (Å²) in [6.45, 7) is -1.37. The highest BCUT2D eigenvalue weighted by atomic mass is 19.4. The molecule has 14 heavy (non-hydrogen) atoms. The van der Waals surface area contributed by atoms with E-state index in [-0.39, 0.29) is 5.69 Å². The monoisotopic (exact) mass is 205 g/mol. The second-order valence-electron chi connectivity index (χ2n) is 2.39. The second-order valence-corrected chi connectivity index (χ2v) is 2.39. The van der Waals surface area contributed by atoms with Crippen molar-refractivity contribution in [3.8, 4) is 0 Å². The largest absolute Gasteiger partial charge is 0.405 e. The minimum absolute atomic E-state index is 0.0933. The number of aromatic nitrogens is 2. The zero-order valence-corrected chi connectivity index (χ0v) is 6.88. The first-order valence-corrected chi connectivity index (χ1v) is 3.60. The third kappa shape index (κ3) is 3.38. The van der Waals surface area contributed by atoms with Crippen molar-refractivity contribution in [3.63, 3.8) is 0 Å². The number of amides is 1. The first kappa shape index (κ1) is 10.4. The maximum atomic E-state index is 11.7. The number of alkyl halides is 3. The van der Waals surface area contributed by atoms with Crippen molar-refractivity contribution in [2.45, 2.75) is 6.18 Å². The van der Waals surface area contributed by atoms with E-state index < -0.39 is 18.6 Å². The number of nitrogens with one attached hydrogen (secondary N) is 1. The Bertz CT molecular complexity index is 312. The van der Waals surface area contributed by atoms with Crippen LogP contribution in [0.4, 0.5) is 13.2 Å². The third-order valence-electron chi connectivity index (χ3n) is 1.26. The lowest BCUT2D eigenvalue weighted by molar-refractivity contribution is -0.123. The Morgan fingerprint density at radius 1 is 1.50 bits per heavy atom. The Balaban J connectivity index is 2.52. The summed E-state index contributed by atoms with van der Waals surface area (Å²) in [6.07, 6.45) is -2.05. The molecule has 0 aliphatic carbocycles. The molecule has 0 bridgehead atoms. The predicted molar refractivity (Wildman–Crippen MR) is 40.4 cm³/mol. The van der Waals surface area contributed by atoms with E-state index in [4.69, 9.17) is 0 Å². The van der Waals surface area contributed by atoms with E-state index in [1.54, 1.807) is 5.32 Å². The van der Waals surface area contributed by atoms with Gasteiger partial charge in [0.15, 0.2) is 0 Å². The number of nitrogens with zero attached hydrogens (tertiary/aromatic N) is 2. The molecular formula is C7H6F3N3O. The summed E-state index contributed by atoms with van der Waals surface area (Å²) >= 11 is 0. The van der Waals surface area contributed by atoms with Crippen LogP contribution in [0.1, 0.15) is 10.5 Å². The van der Waals surface area contributed by atoms with E-state index in [9.17, 15) is 18.0 Å². The van der Waals surface area contributed by atoms with Crippen molar-refractivity contribution < 1.29 is 18.0 Å². The second kappa shape index (κ2) is 4.03. The van der Waals surface area contributed by atoms with Crippen LogP contribution in [0.3, 0.4) is 0 Å². The predicted octanol–water partition coefficient (Wildman–Crippen LogP) is 0.769. The highest BCUT2D eigenvalue weighted by Gasteiger charge is 2.27. The van der Waals surface area contributed by atoms with E-state index in [0.29, 0.717) is 0 Å². The first-order valence-electron chi connectivity index (χ1n) is 3.60. The number of rotatable bonds is 2. The molecule has 0 atom stereocenters. The molecule has 0 fully saturated rings. The minimum atomic E-state index is -4.41. The molecule has 76 valence electrons. The van der Waals surface area contributed by atoms with Gasteiger partial charge in [0.05, 0.1) is 0 Å². The fraction of sp³-hybridized carbons (Fsp3) is 0.286. The Morgan fingerprint density at radius 3 is 2.71 bits per heavy atom. The van der Waals surface area contributed by atoms with E-state index in [1.165, 1.54) is 12.3 Å². The summed E-state index contributed by atoms with van der Waals surface area (Å²) in [6, 6.07) is 1.23. The Morgan fingerprint density at radius 2 is 2.21 bits per heavy atom. The molecule has 1 aromatic heterocycles. The maximum absolute atomic E-state index is 11.7. The number of hydrogen-bond acceptors (Lipinski definition) is 3. The van der Waals surface area contributed by atoms with E-state index in [0.717, 1.165) is 6.33 Å². The molecule has 0 saturated heterocycles. The standard InChI is InChI=1S/C7H6F3N3O/c8-7(9,10)3-12-6(14)5-1-2-11-4-13-5/h1-2,4H,3H2,(H,12,14).